The number of thiophene rings is 1. The minimum Gasteiger partial charge on any atom is -0.480 e. The lowest BCUT2D eigenvalue weighted by Crippen LogP contribution is -2.32. The summed E-state index contributed by atoms with van der Waals surface area (Å²) in [6.07, 6.45) is 3.15. The number of aliphatic carboxylic acids is 1. The number of anilines is 1. The van der Waals surface area contributed by atoms with E-state index in [-0.39, 0.29) is 0 Å². The highest BCUT2D eigenvalue weighted by Gasteiger charge is 2.22. The number of nitrogens with one attached hydrogen (secondary N) is 2. The number of benzene rings is 1. The van der Waals surface area contributed by atoms with Gasteiger partial charge in [-0.25, -0.2) is 14.8 Å². The van der Waals surface area contributed by atoms with Crippen molar-refractivity contribution in [3.63, 3.8) is 0 Å². The second kappa shape index (κ2) is 7.00. The standard InChI is InChI=1S/C20H20N4O2S/c1-3-13-9-15-18(22-11(2)23-19(15)27-13)24-17(20(25)26)8-12-10-21-16-7-5-4-6-14(12)16/h4-7,9-10,17,21H,3,8H2,1-2H3,(H,25,26)(H,22,23,24)/t17-/m1/s1. The van der Waals surface area contributed by atoms with Crippen LogP contribution in [-0.2, 0) is 17.6 Å². The summed E-state index contributed by atoms with van der Waals surface area (Å²) in [4.78, 5) is 26.2. The van der Waals surface area contributed by atoms with E-state index in [1.54, 1.807) is 11.3 Å². The van der Waals surface area contributed by atoms with Crippen LogP contribution >= 0.6 is 11.3 Å². The summed E-state index contributed by atoms with van der Waals surface area (Å²) in [5.74, 6) is 0.307. The molecule has 0 fully saturated rings. The smallest absolute Gasteiger partial charge is 0.326 e. The number of fused-ring (bicyclic) bond motifs is 2. The molecule has 27 heavy (non-hydrogen) atoms. The van der Waals surface area contributed by atoms with Crippen LogP contribution in [-0.4, -0.2) is 32.1 Å². The molecule has 0 aliphatic carbocycles. The molecule has 0 spiro atoms. The molecule has 4 aromatic rings. The zero-order valence-corrected chi connectivity index (χ0v) is 15.9. The number of aryl methyl sites for hydroxylation is 2. The van der Waals surface area contributed by atoms with Crippen LogP contribution in [0, 0.1) is 6.92 Å². The van der Waals surface area contributed by atoms with E-state index in [1.807, 2.05) is 43.5 Å². The number of hydrogen-bond donors (Lipinski definition) is 3. The maximum Gasteiger partial charge on any atom is 0.326 e. The van der Waals surface area contributed by atoms with E-state index in [2.05, 4.69) is 27.2 Å². The van der Waals surface area contributed by atoms with Crippen molar-refractivity contribution in [3.8, 4) is 0 Å². The van der Waals surface area contributed by atoms with Crippen molar-refractivity contribution in [1.29, 1.82) is 0 Å². The molecule has 1 aromatic carbocycles. The Balaban J connectivity index is 1.69. The van der Waals surface area contributed by atoms with Gasteiger partial charge in [-0.1, -0.05) is 25.1 Å². The summed E-state index contributed by atoms with van der Waals surface area (Å²) in [5, 5.41) is 14.9. The number of para-hydroxylation sites is 1. The first-order valence-corrected chi connectivity index (χ1v) is 9.68. The van der Waals surface area contributed by atoms with Gasteiger partial charge < -0.3 is 15.4 Å². The Hall–Kier alpha value is -2.93. The molecule has 3 N–H and O–H groups in total. The van der Waals surface area contributed by atoms with Gasteiger partial charge in [0.25, 0.3) is 0 Å². The van der Waals surface area contributed by atoms with Crippen molar-refractivity contribution >= 4 is 44.2 Å². The Morgan fingerprint density at radius 2 is 2.11 bits per heavy atom. The number of carboxylic acids is 1. The van der Waals surface area contributed by atoms with E-state index in [4.69, 9.17) is 0 Å². The lowest BCUT2D eigenvalue weighted by molar-refractivity contribution is -0.137. The van der Waals surface area contributed by atoms with Gasteiger partial charge in [-0.05, 0) is 31.0 Å². The van der Waals surface area contributed by atoms with Crippen molar-refractivity contribution in [2.24, 2.45) is 0 Å². The van der Waals surface area contributed by atoms with E-state index in [0.717, 1.165) is 33.1 Å². The van der Waals surface area contributed by atoms with Crippen LogP contribution in [0.3, 0.4) is 0 Å². The second-order valence-corrected chi connectivity index (χ2v) is 7.62. The Kier molecular flexibility index (Phi) is 4.53. The molecule has 138 valence electrons. The number of aromatic nitrogens is 3. The highest BCUT2D eigenvalue weighted by atomic mass is 32.1. The molecule has 3 aromatic heterocycles. The van der Waals surface area contributed by atoms with Gasteiger partial charge in [0.15, 0.2) is 0 Å². The zero-order chi connectivity index (χ0) is 19.0. The van der Waals surface area contributed by atoms with Crippen LogP contribution in [0.15, 0.2) is 36.5 Å². The van der Waals surface area contributed by atoms with Gasteiger partial charge in [0.05, 0.1) is 5.39 Å². The normalized spacial score (nSPS) is 12.5. The van der Waals surface area contributed by atoms with Crippen molar-refractivity contribution in [1.82, 2.24) is 15.0 Å². The molecule has 1 atom stereocenters. The molecule has 0 aliphatic heterocycles. The third kappa shape index (κ3) is 3.38. The molecule has 0 radical (unpaired) electrons. The third-order valence-electron chi connectivity index (χ3n) is 4.61. The molecule has 4 rings (SSSR count). The fourth-order valence-corrected chi connectivity index (χ4v) is 4.26. The third-order valence-corrected chi connectivity index (χ3v) is 5.79. The van der Waals surface area contributed by atoms with Crippen molar-refractivity contribution in [2.45, 2.75) is 32.7 Å². The Morgan fingerprint density at radius 3 is 2.89 bits per heavy atom. The number of aromatic amines is 1. The number of carboxylic acid groups (broad SMARTS) is 1. The Morgan fingerprint density at radius 1 is 1.30 bits per heavy atom. The number of nitrogens with zero attached hydrogens (tertiary/aromatic N) is 2. The molecule has 0 unspecified atom stereocenters. The summed E-state index contributed by atoms with van der Waals surface area (Å²) in [6.45, 7) is 3.92. The number of rotatable bonds is 6. The Labute approximate surface area is 160 Å². The van der Waals surface area contributed by atoms with Crippen LogP contribution in [0.25, 0.3) is 21.1 Å². The molecule has 0 amide bonds. The van der Waals surface area contributed by atoms with Gasteiger partial charge >= 0.3 is 5.97 Å². The molecule has 0 saturated heterocycles. The van der Waals surface area contributed by atoms with E-state index >= 15 is 0 Å². The van der Waals surface area contributed by atoms with Crippen molar-refractivity contribution in [2.75, 3.05) is 5.32 Å². The molecule has 7 heteroatoms. The molecule has 0 saturated carbocycles. The largest absolute Gasteiger partial charge is 0.480 e. The maximum atomic E-state index is 11.9. The molecule has 0 bridgehead atoms. The zero-order valence-electron chi connectivity index (χ0n) is 15.1. The van der Waals surface area contributed by atoms with Crippen molar-refractivity contribution < 1.29 is 9.90 Å². The minimum atomic E-state index is -0.907. The number of hydrogen-bond acceptors (Lipinski definition) is 5. The summed E-state index contributed by atoms with van der Waals surface area (Å²) in [6, 6.07) is 9.16. The van der Waals surface area contributed by atoms with Gasteiger partial charge in [-0.3, -0.25) is 0 Å². The maximum absolute atomic E-state index is 11.9. The van der Waals surface area contributed by atoms with Gasteiger partial charge in [-0.15, -0.1) is 11.3 Å². The highest BCUT2D eigenvalue weighted by Crippen LogP contribution is 2.30. The summed E-state index contributed by atoms with van der Waals surface area (Å²) < 4.78 is 0. The monoisotopic (exact) mass is 380 g/mol. The highest BCUT2D eigenvalue weighted by molar-refractivity contribution is 7.18. The lowest BCUT2D eigenvalue weighted by atomic mass is 10.0. The second-order valence-electron chi connectivity index (χ2n) is 6.50. The molecule has 0 aliphatic rings. The first-order chi connectivity index (χ1) is 13.0. The van der Waals surface area contributed by atoms with Crippen LogP contribution < -0.4 is 5.32 Å². The van der Waals surface area contributed by atoms with Crippen LogP contribution in [0.1, 0.15) is 23.2 Å². The van der Waals surface area contributed by atoms with E-state index < -0.39 is 12.0 Å². The molecular formula is C20H20N4O2S. The first kappa shape index (κ1) is 17.5. The average molecular weight is 380 g/mol. The average Bonchev–Trinajstić information content (AvgIpc) is 3.25. The number of carbonyl (C=O) groups is 1. The van der Waals surface area contributed by atoms with Gasteiger partial charge in [0.1, 0.15) is 22.5 Å². The molecular weight excluding hydrogens is 360 g/mol. The van der Waals surface area contributed by atoms with E-state index in [1.165, 1.54) is 4.88 Å². The van der Waals surface area contributed by atoms with Crippen LogP contribution in [0.5, 0.6) is 0 Å². The van der Waals surface area contributed by atoms with Gasteiger partial charge in [0.2, 0.25) is 0 Å². The quantitative estimate of drug-likeness (QED) is 0.467. The SMILES string of the molecule is CCc1cc2c(N[C@H](Cc3c[nH]c4ccccc34)C(=O)O)nc(C)nc2s1. The van der Waals surface area contributed by atoms with Gasteiger partial charge in [-0.2, -0.15) is 0 Å². The predicted molar refractivity (Wildman–Crippen MR) is 109 cm³/mol. The fourth-order valence-electron chi connectivity index (χ4n) is 3.25. The first-order valence-electron chi connectivity index (χ1n) is 8.86. The minimum absolute atomic E-state index is 0.356. The lowest BCUT2D eigenvalue weighted by Gasteiger charge is -2.16. The molecule has 3 heterocycles. The summed E-state index contributed by atoms with van der Waals surface area (Å²) in [7, 11) is 0. The topological polar surface area (TPSA) is 90.9 Å². The summed E-state index contributed by atoms with van der Waals surface area (Å²) >= 11 is 1.62. The molecule has 6 nitrogen and oxygen atoms in total. The predicted octanol–water partition coefficient (Wildman–Crippen LogP) is 4.15. The fraction of sp³-hybridized carbons (Fsp3) is 0.250. The number of H-pyrrole nitrogens is 1. The van der Waals surface area contributed by atoms with Crippen LogP contribution in [0.2, 0.25) is 0 Å². The Bertz CT molecular complexity index is 1130. The van der Waals surface area contributed by atoms with E-state index in [9.17, 15) is 9.90 Å². The van der Waals surface area contributed by atoms with E-state index in [0.29, 0.717) is 18.1 Å². The van der Waals surface area contributed by atoms with Crippen LogP contribution in [0.4, 0.5) is 5.82 Å². The van der Waals surface area contributed by atoms with Crippen molar-refractivity contribution in [3.05, 3.63) is 52.8 Å². The summed E-state index contributed by atoms with van der Waals surface area (Å²) in [5.41, 5.74) is 1.97. The van der Waals surface area contributed by atoms with Gasteiger partial charge in [0, 0.05) is 28.4 Å².